The monoisotopic (exact) mass is 530 g/mol. The Labute approximate surface area is 213 Å². The first kappa shape index (κ1) is 27.9. The molecule has 0 saturated carbocycles. The molecular weight excluding hydrogens is 492 g/mol. The smallest absolute Gasteiger partial charge is 0.261 e. The Morgan fingerprint density at radius 3 is 2.38 bits per heavy atom. The summed E-state index contributed by atoms with van der Waals surface area (Å²) in [7, 11) is 0. The molecule has 186 valence electrons. The molecule has 2 aromatic carbocycles. The van der Waals surface area contributed by atoms with Crippen molar-refractivity contribution in [1.29, 1.82) is 0 Å². The van der Waals surface area contributed by atoms with E-state index in [-0.39, 0.29) is 23.8 Å². The molecule has 0 aromatic heterocycles. The number of nitrogens with zero attached hydrogens (tertiary/aromatic N) is 1. The maximum Gasteiger partial charge on any atom is 0.261 e. The molecule has 0 aliphatic heterocycles. The Bertz CT molecular complexity index is 925. The number of benzene rings is 2. The molecule has 0 bridgehead atoms. The molecule has 0 saturated heterocycles. The summed E-state index contributed by atoms with van der Waals surface area (Å²) in [4.78, 5) is 27.9. The molecular formula is C28H39BrN2O3. The molecule has 0 radical (unpaired) electrons. The van der Waals surface area contributed by atoms with Crippen molar-refractivity contribution in [2.24, 2.45) is 0 Å². The van der Waals surface area contributed by atoms with E-state index in [0.29, 0.717) is 31.7 Å². The summed E-state index contributed by atoms with van der Waals surface area (Å²) in [6, 6.07) is 15.4. The summed E-state index contributed by atoms with van der Waals surface area (Å²) in [5.74, 6) is 0.318. The highest BCUT2D eigenvalue weighted by molar-refractivity contribution is 9.10. The molecule has 1 N–H and O–H groups in total. The lowest BCUT2D eigenvalue weighted by Crippen LogP contribution is -2.51. The fourth-order valence-electron chi connectivity index (χ4n) is 3.71. The Morgan fingerprint density at radius 1 is 1.09 bits per heavy atom. The molecule has 34 heavy (non-hydrogen) atoms. The molecule has 5 nitrogen and oxygen atoms in total. The van der Waals surface area contributed by atoms with Gasteiger partial charge >= 0.3 is 0 Å². The summed E-state index contributed by atoms with van der Waals surface area (Å²) < 4.78 is 6.72. The number of halogens is 1. The van der Waals surface area contributed by atoms with Crippen LogP contribution >= 0.6 is 15.9 Å². The molecule has 2 rings (SSSR count). The minimum absolute atomic E-state index is 0.0184. The van der Waals surface area contributed by atoms with Gasteiger partial charge in [0, 0.05) is 13.1 Å². The van der Waals surface area contributed by atoms with Crippen LogP contribution < -0.4 is 10.1 Å². The van der Waals surface area contributed by atoms with Gasteiger partial charge in [-0.3, -0.25) is 9.59 Å². The highest BCUT2D eigenvalue weighted by Gasteiger charge is 2.28. The third-order valence-corrected chi connectivity index (χ3v) is 6.47. The summed E-state index contributed by atoms with van der Waals surface area (Å²) in [5.41, 5.74) is 2.32. The molecule has 0 aliphatic rings. The zero-order valence-electron chi connectivity index (χ0n) is 21.2. The van der Waals surface area contributed by atoms with Crippen molar-refractivity contribution in [3.63, 3.8) is 0 Å². The number of nitrogens with one attached hydrogen (secondary N) is 1. The van der Waals surface area contributed by atoms with Crippen molar-refractivity contribution < 1.29 is 14.3 Å². The van der Waals surface area contributed by atoms with Gasteiger partial charge in [-0.25, -0.2) is 0 Å². The number of rotatable bonds is 12. The second kappa shape index (κ2) is 13.5. The van der Waals surface area contributed by atoms with Gasteiger partial charge in [0.25, 0.3) is 5.91 Å². The molecule has 1 unspecified atom stereocenters. The molecule has 2 aromatic rings. The van der Waals surface area contributed by atoms with Crippen molar-refractivity contribution in [2.45, 2.75) is 71.8 Å². The standard InChI is InChI=1S/C28H39BrN2O3/c1-6-8-17-30-27(33)24(7-2)31(18-16-21-12-10-9-11-13-21)26(32)20-34-25-15-14-22(19-23(25)29)28(3,4)5/h9-15,19,24H,6-8,16-18,20H2,1-5H3,(H,30,33). The van der Waals surface area contributed by atoms with E-state index in [2.05, 4.69) is 48.9 Å². The van der Waals surface area contributed by atoms with Gasteiger partial charge in [0.1, 0.15) is 11.8 Å². The number of carbonyl (C=O) groups excluding carboxylic acids is 2. The number of carbonyl (C=O) groups is 2. The van der Waals surface area contributed by atoms with Crippen LogP contribution in [0, 0.1) is 0 Å². The third-order valence-electron chi connectivity index (χ3n) is 5.85. The average molecular weight is 532 g/mol. The first-order valence-corrected chi connectivity index (χ1v) is 13.0. The number of hydrogen-bond acceptors (Lipinski definition) is 3. The number of amides is 2. The van der Waals surface area contributed by atoms with Crippen molar-refractivity contribution in [3.05, 3.63) is 64.1 Å². The van der Waals surface area contributed by atoms with Crippen LogP contribution in [-0.2, 0) is 21.4 Å². The highest BCUT2D eigenvalue weighted by Crippen LogP contribution is 2.31. The van der Waals surface area contributed by atoms with Crippen LogP contribution in [0.15, 0.2) is 53.0 Å². The van der Waals surface area contributed by atoms with E-state index in [0.717, 1.165) is 22.9 Å². The van der Waals surface area contributed by atoms with Crippen LogP contribution in [0.5, 0.6) is 5.75 Å². The van der Waals surface area contributed by atoms with Crippen molar-refractivity contribution in [3.8, 4) is 5.75 Å². The lowest BCUT2D eigenvalue weighted by atomic mass is 9.87. The molecule has 6 heteroatoms. The summed E-state index contributed by atoms with van der Waals surface area (Å²) in [6.45, 7) is 11.4. The Morgan fingerprint density at radius 2 is 1.79 bits per heavy atom. The van der Waals surface area contributed by atoms with Gasteiger partial charge in [-0.1, -0.05) is 77.4 Å². The summed E-state index contributed by atoms with van der Waals surface area (Å²) >= 11 is 3.58. The molecule has 0 spiro atoms. The highest BCUT2D eigenvalue weighted by atomic mass is 79.9. The van der Waals surface area contributed by atoms with Crippen LogP contribution in [0.3, 0.4) is 0 Å². The zero-order chi connectivity index (χ0) is 25.1. The van der Waals surface area contributed by atoms with E-state index in [4.69, 9.17) is 4.74 Å². The first-order chi connectivity index (χ1) is 16.2. The van der Waals surface area contributed by atoms with E-state index >= 15 is 0 Å². The predicted octanol–water partition coefficient (Wildman–Crippen LogP) is 5.89. The quantitative estimate of drug-likeness (QED) is 0.348. The second-order valence-corrected chi connectivity index (χ2v) is 10.4. The summed E-state index contributed by atoms with van der Waals surface area (Å²) in [6.07, 6.45) is 3.14. The molecule has 2 amide bonds. The Kier molecular flexibility index (Phi) is 11.1. The van der Waals surface area contributed by atoms with Gasteiger partial charge in [0.05, 0.1) is 4.47 Å². The lowest BCUT2D eigenvalue weighted by molar-refractivity contribution is -0.142. The molecule has 0 heterocycles. The van der Waals surface area contributed by atoms with Gasteiger partial charge in [-0.2, -0.15) is 0 Å². The zero-order valence-corrected chi connectivity index (χ0v) is 22.8. The fraction of sp³-hybridized carbons (Fsp3) is 0.500. The van der Waals surface area contributed by atoms with E-state index in [9.17, 15) is 9.59 Å². The SMILES string of the molecule is CCCCNC(=O)C(CC)N(CCc1ccccc1)C(=O)COc1ccc(C(C)(C)C)cc1Br. The number of unbranched alkanes of at least 4 members (excludes halogenated alkanes) is 1. The van der Waals surface area contributed by atoms with Crippen molar-refractivity contribution in [1.82, 2.24) is 10.2 Å². The second-order valence-electron chi connectivity index (χ2n) is 9.58. The predicted molar refractivity (Wildman–Crippen MR) is 142 cm³/mol. The minimum Gasteiger partial charge on any atom is -0.483 e. The van der Waals surface area contributed by atoms with Crippen LogP contribution in [0.2, 0.25) is 0 Å². The van der Waals surface area contributed by atoms with Gasteiger partial charge in [0.2, 0.25) is 5.91 Å². The molecule has 1 atom stereocenters. The van der Waals surface area contributed by atoms with Crippen LogP contribution in [0.25, 0.3) is 0 Å². The number of hydrogen-bond donors (Lipinski definition) is 1. The van der Waals surface area contributed by atoms with Crippen LogP contribution in [0.4, 0.5) is 0 Å². The topological polar surface area (TPSA) is 58.6 Å². The Balaban J connectivity index is 2.14. The average Bonchev–Trinajstić information content (AvgIpc) is 2.80. The maximum absolute atomic E-state index is 13.3. The van der Waals surface area contributed by atoms with Crippen molar-refractivity contribution in [2.75, 3.05) is 19.7 Å². The van der Waals surface area contributed by atoms with E-state index in [1.807, 2.05) is 55.5 Å². The maximum atomic E-state index is 13.3. The molecule has 0 aliphatic carbocycles. The Hall–Kier alpha value is -2.34. The third kappa shape index (κ3) is 8.46. The van der Waals surface area contributed by atoms with E-state index < -0.39 is 6.04 Å². The minimum atomic E-state index is -0.525. The van der Waals surface area contributed by atoms with E-state index in [1.165, 1.54) is 5.56 Å². The van der Waals surface area contributed by atoms with Gasteiger partial charge in [-0.15, -0.1) is 0 Å². The van der Waals surface area contributed by atoms with Gasteiger partial charge < -0.3 is 15.0 Å². The number of ether oxygens (including phenoxy) is 1. The normalized spacial score (nSPS) is 12.2. The molecule has 0 fully saturated rings. The van der Waals surface area contributed by atoms with Crippen LogP contribution in [-0.4, -0.2) is 42.5 Å². The first-order valence-electron chi connectivity index (χ1n) is 12.2. The lowest BCUT2D eigenvalue weighted by Gasteiger charge is -2.30. The van der Waals surface area contributed by atoms with Crippen molar-refractivity contribution >= 4 is 27.7 Å². The van der Waals surface area contributed by atoms with E-state index in [1.54, 1.807) is 4.90 Å². The van der Waals surface area contributed by atoms with Crippen LogP contribution in [0.1, 0.15) is 65.0 Å². The van der Waals surface area contributed by atoms with Gasteiger partial charge in [-0.05, 0) is 63.9 Å². The largest absolute Gasteiger partial charge is 0.483 e. The fourth-order valence-corrected chi connectivity index (χ4v) is 4.20. The summed E-state index contributed by atoms with van der Waals surface area (Å²) in [5, 5.41) is 2.99. The van der Waals surface area contributed by atoms with Gasteiger partial charge in [0.15, 0.2) is 6.61 Å².